The molecule has 2 rings (SSSR count). The number of hydrogen-bond acceptors (Lipinski definition) is 6. The van der Waals surface area contributed by atoms with Crippen LogP contribution >= 0.6 is 0 Å². The van der Waals surface area contributed by atoms with Gasteiger partial charge in [-0.3, -0.25) is 4.79 Å². The highest BCUT2D eigenvalue weighted by Gasteiger charge is 2.30. The summed E-state index contributed by atoms with van der Waals surface area (Å²) in [5, 5.41) is 2.78. The normalized spacial score (nSPS) is 21.7. The fraction of sp³-hybridized carbons (Fsp3) is 0.714. The van der Waals surface area contributed by atoms with Gasteiger partial charge in [0, 0.05) is 25.4 Å². The fourth-order valence-corrected chi connectivity index (χ4v) is 4.14. The number of sulfone groups is 1. The number of aryl methyl sites for hydroxylation is 2. The summed E-state index contributed by atoms with van der Waals surface area (Å²) >= 11 is 0. The van der Waals surface area contributed by atoms with Gasteiger partial charge in [-0.05, 0) is 14.0 Å². The van der Waals surface area contributed by atoms with Gasteiger partial charge < -0.3 is 14.6 Å². The molecule has 1 unspecified atom stereocenters. The van der Waals surface area contributed by atoms with Crippen molar-refractivity contribution in [1.82, 2.24) is 15.2 Å². The van der Waals surface area contributed by atoms with Crippen LogP contribution in [-0.4, -0.2) is 55.3 Å². The van der Waals surface area contributed by atoms with Gasteiger partial charge in [0.25, 0.3) is 0 Å². The van der Waals surface area contributed by atoms with Crippen LogP contribution in [0.25, 0.3) is 0 Å². The van der Waals surface area contributed by atoms with Crippen molar-refractivity contribution < 1.29 is 17.6 Å². The maximum Gasteiger partial charge on any atom is 0.221 e. The molecule has 1 aromatic rings. The van der Waals surface area contributed by atoms with E-state index in [9.17, 15) is 13.2 Å². The van der Waals surface area contributed by atoms with E-state index in [0.29, 0.717) is 24.6 Å². The zero-order chi connectivity index (χ0) is 16.3. The van der Waals surface area contributed by atoms with E-state index >= 15 is 0 Å². The average Bonchev–Trinajstić information content (AvgIpc) is 2.81. The monoisotopic (exact) mass is 329 g/mol. The highest BCUT2D eigenvalue weighted by Crippen LogP contribution is 2.14. The quantitative estimate of drug-likeness (QED) is 0.834. The molecular weight excluding hydrogens is 306 g/mol. The van der Waals surface area contributed by atoms with E-state index in [1.165, 1.54) is 0 Å². The van der Waals surface area contributed by atoms with E-state index in [-0.39, 0.29) is 36.4 Å². The molecule has 22 heavy (non-hydrogen) atoms. The maximum atomic E-state index is 12.0. The minimum Gasteiger partial charge on any atom is -0.444 e. The Morgan fingerprint density at radius 1 is 1.50 bits per heavy atom. The number of carbonyl (C=O) groups excluding carboxylic acids is 1. The standard InChI is InChI=1S/C14H23N3O4S/c1-4-14-16-10(2)12(21-14)8-15-13(18)7-11-9-22(19,20)6-5-17(11)3/h11H,4-9H2,1-3H3,(H,15,18). The Hall–Kier alpha value is -1.41. The zero-order valence-corrected chi connectivity index (χ0v) is 14.1. The van der Waals surface area contributed by atoms with Crippen molar-refractivity contribution in [3.63, 3.8) is 0 Å². The Balaban J connectivity index is 1.88. The highest BCUT2D eigenvalue weighted by molar-refractivity contribution is 7.91. The Bertz CT molecular complexity index is 639. The number of aromatic nitrogens is 1. The van der Waals surface area contributed by atoms with Gasteiger partial charge in [0.1, 0.15) is 5.76 Å². The molecule has 8 heteroatoms. The molecule has 1 saturated heterocycles. The Labute approximate surface area is 131 Å². The summed E-state index contributed by atoms with van der Waals surface area (Å²) in [7, 11) is -1.19. The van der Waals surface area contributed by atoms with Crippen molar-refractivity contribution in [2.75, 3.05) is 25.1 Å². The van der Waals surface area contributed by atoms with E-state index in [1.54, 1.807) is 0 Å². The summed E-state index contributed by atoms with van der Waals surface area (Å²) in [5.74, 6) is 1.33. The molecular formula is C14H23N3O4S. The van der Waals surface area contributed by atoms with Crippen LogP contribution in [0.2, 0.25) is 0 Å². The van der Waals surface area contributed by atoms with Gasteiger partial charge in [-0.25, -0.2) is 13.4 Å². The second kappa shape index (κ2) is 6.78. The third kappa shape index (κ3) is 4.30. The molecule has 1 N–H and O–H groups in total. The number of carbonyl (C=O) groups is 1. The summed E-state index contributed by atoms with van der Waals surface area (Å²) in [6.45, 7) is 4.54. The van der Waals surface area contributed by atoms with Gasteiger partial charge >= 0.3 is 0 Å². The second-order valence-electron chi connectivity index (χ2n) is 5.70. The molecule has 1 aromatic heterocycles. The van der Waals surface area contributed by atoms with E-state index in [2.05, 4.69) is 10.3 Å². The molecule has 0 spiro atoms. The van der Waals surface area contributed by atoms with Gasteiger partial charge in [-0.15, -0.1) is 0 Å². The van der Waals surface area contributed by atoms with Crippen molar-refractivity contribution in [2.45, 2.75) is 39.3 Å². The van der Waals surface area contributed by atoms with E-state index in [0.717, 1.165) is 5.69 Å². The van der Waals surface area contributed by atoms with Gasteiger partial charge in [-0.1, -0.05) is 6.92 Å². The van der Waals surface area contributed by atoms with Crippen LogP contribution in [0.3, 0.4) is 0 Å². The zero-order valence-electron chi connectivity index (χ0n) is 13.3. The number of hydrogen-bond donors (Lipinski definition) is 1. The Morgan fingerprint density at radius 2 is 2.23 bits per heavy atom. The number of amides is 1. The number of oxazole rings is 1. The molecule has 1 fully saturated rings. The summed E-state index contributed by atoms with van der Waals surface area (Å²) in [6.07, 6.45) is 0.878. The van der Waals surface area contributed by atoms with Crippen molar-refractivity contribution in [3.8, 4) is 0 Å². The Kier molecular flexibility index (Phi) is 5.23. The molecule has 1 aliphatic heterocycles. The number of nitrogens with one attached hydrogen (secondary N) is 1. The molecule has 124 valence electrons. The van der Waals surface area contributed by atoms with Crippen LogP contribution in [0.4, 0.5) is 0 Å². The third-order valence-electron chi connectivity index (χ3n) is 3.93. The topological polar surface area (TPSA) is 92.5 Å². The molecule has 1 amide bonds. The second-order valence-corrected chi connectivity index (χ2v) is 7.93. The van der Waals surface area contributed by atoms with Crippen LogP contribution in [-0.2, 0) is 27.6 Å². The lowest BCUT2D eigenvalue weighted by Gasteiger charge is -2.31. The van der Waals surface area contributed by atoms with Gasteiger partial charge in [0.15, 0.2) is 15.7 Å². The molecule has 1 aliphatic rings. The van der Waals surface area contributed by atoms with E-state index < -0.39 is 9.84 Å². The largest absolute Gasteiger partial charge is 0.444 e. The average molecular weight is 329 g/mol. The molecule has 0 bridgehead atoms. The molecule has 7 nitrogen and oxygen atoms in total. The number of rotatable bonds is 5. The SMILES string of the molecule is CCc1nc(C)c(CNC(=O)CC2CS(=O)(=O)CCN2C)o1. The fourth-order valence-electron chi connectivity index (χ4n) is 2.45. The van der Waals surface area contributed by atoms with E-state index in [1.807, 2.05) is 25.8 Å². The van der Waals surface area contributed by atoms with Gasteiger partial charge in [0.05, 0.1) is 23.7 Å². The van der Waals surface area contributed by atoms with Crippen molar-refractivity contribution >= 4 is 15.7 Å². The summed E-state index contributed by atoms with van der Waals surface area (Å²) in [5.41, 5.74) is 0.773. The molecule has 0 saturated carbocycles. The first-order chi connectivity index (χ1) is 10.3. The molecule has 0 aromatic carbocycles. The van der Waals surface area contributed by atoms with Crippen LogP contribution in [0.5, 0.6) is 0 Å². The van der Waals surface area contributed by atoms with Crippen molar-refractivity contribution in [1.29, 1.82) is 0 Å². The third-order valence-corrected chi connectivity index (χ3v) is 5.63. The molecule has 1 atom stereocenters. The number of nitrogens with zero attached hydrogens (tertiary/aromatic N) is 2. The molecule has 0 aliphatic carbocycles. The predicted molar refractivity (Wildman–Crippen MR) is 82.2 cm³/mol. The minimum atomic E-state index is -3.03. The first-order valence-electron chi connectivity index (χ1n) is 7.43. The lowest BCUT2D eigenvalue weighted by molar-refractivity contribution is -0.122. The maximum absolute atomic E-state index is 12.0. The van der Waals surface area contributed by atoms with Crippen LogP contribution in [0.1, 0.15) is 30.7 Å². The molecule has 2 heterocycles. The lowest BCUT2D eigenvalue weighted by atomic mass is 10.2. The first-order valence-corrected chi connectivity index (χ1v) is 9.25. The summed E-state index contributed by atoms with van der Waals surface area (Å²) in [4.78, 5) is 18.2. The van der Waals surface area contributed by atoms with Crippen LogP contribution < -0.4 is 5.32 Å². The smallest absolute Gasteiger partial charge is 0.221 e. The summed E-state index contributed by atoms with van der Waals surface area (Å²) in [6, 6.07) is -0.263. The van der Waals surface area contributed by atoms with Gasteiger partial charge in [-0.2, -0.15) is 0 Å². The van der Waals surface area contributed by atoms with Crippen LogP contribution in [0.15, 0.2) is 4.42 Å². The van der Waals surface area contributed by atoms with Crippen molar-refractivity contribution in [2.24, 2.45) is 0 Å². The Morgan fingerprint density at radius 3 is 2.86 bits per heavy atom. The highest BCUT2D eigenvalue weighted by atomic mass is 32.2. The minimum absolute atomic E-state index is 0.0399. The predicted octanol–water partition coefficient (Wildman–Crippen LogP) is 0.281. The molecule has 0 radical (unpaired) electrons. The van der Waals surface area contributed by atoms with Crippen molar-refractivity contribution in [3.05, 3.63) is 17.3 Å². The van der Waals surface area contributed by atoms with E-state index in [4.69, 9.17) is 4.42 Å². The van der Waals surface area contributed by atoms with Crippen LogP contribution in [0, 0.1) is 6.92 Å². The van der Waals surface area contributed by atoms with Gasteiger partial charge in [0.2, 0.25) is 5.91 Å². The lowest BCUT2D eigenvalue weighted by Crippen LogP contribution is -2.48. The first kappa shape index (κ1) is 17.0. The summed E-state index contributed by atoms with van der Waals surface area (Å²) < 4.78 is 28.9.